The van der Waals surface area contributed by atoms with Crippen LogP contribution in [-0.4, -0.2) is 40.1 Å². The summed E-state index contributed by atoms with van der Waals surface area (Å²) in [4.78, 5) is 126. The Bertz CT molecular complexity index is 5690. The van der Waals surface area contributed by atoms with Crippen LogP contribution in [0.4, 0.5) is 0 Å². The molecule has 6 aromatic heterocycles. The normalized spacial score (nSPS) is 12.3. The fourth-order valence-electron chi connectivity index (χ4n) is 16.1. The molecule has 0 aliphatic heterocycles. The minimum Gasteiger partial charge on any atom is -1.00 e. The third-order valence-electron chi connectivity index (χ3n) is 20.2. The van der Waals surface area contributed by atoms with E-state index in [1.165, 1.54) is 18.3 Å². The van der Waals surface area contributed by atoms with Crippen molar-refractivity contribution in [3.8, 4) is 0 Å². The van der Waals surface area contributed by atoms with Gasteiger partial charge in [-0.15, -0.1) is 0 Å². The van der Waals surface area contributed by atoms with Gasteiger partial charge in [0.1, 0.15) is 0 Å². The van der Waals surface area contributed by atoms with E-state index in [4.69, 9.17) is 10.1 Å². The van der Waals surface area contributed by atoms with E-state index >= 15 is 0 Å². The molecule has 16 rings (SSSR count). The van der Waals surface area contributed by atoms with E-state index in [0.717, 1.165) is 86.7 Å². The maximum Gasteiger partial charge on any atom is 1.00 e. The van der Waals surface area contributed by atoms with Crippen LogP contribution in [0.1, 0.15) is 139 Å². The molecule has 0 unspecified atom stereocenters. The summed E-state index contributed by atoms with van der Waals surface area (Å²) in [5.74, 6) is 1.81. The molecule has 0 bridgehead atoms. The average molecular weight is 1350 g/mol. The van der Waals surface area contributed by atoms with Crippen LogP contribution in [0.2, 0.25) is 0 Å². The molecule has 20 heteroatoms. The van der Waals surface area contributed by atoms with Crippen molar-refractivity contribution in [2.24, 2.45) is 0 Å². The number of nitrogens with zero attached hydrogens (tertiary/aromatic N) is 5. The van der Waals surface area contributed by atoms with Gasteiger partial charge in [-0.2, -0.15) is 0 Å². The Kier molecular flexibility index (Phi) is 18.9. The third kappa shape index (κ3) is 9.08. The van der Waals surface area contributed by atoms with E-state index in [2.05, 4.69) is 37.3 Å². The number of alkyl halides is 1. The Morgan fingerprint density at radius 2 is 0.587 bits per heavy atom. The smallest absolute Gasteiger partial charge is 1.00 e. The topological polar surface area (TPSA) is 226 Å². The van der Waals surface area contributed by atoms with E-state index in [-0.39, 0.29) is 179 Å². The molecular weight excluding hydrogens is 1280 g/mol. The summed E-state index contributed by atoms with van der Waals surface area (Å²) in [6.07, 6.45) is 5.54. The van der Waals surface area contributed by atoms with Crippen molar-refractivity contribution < 1.29 is 119 Å². The van der Waals surface area contributed by atoms with Crippen LogP contribution >= 0.6 is 15.9 Å². The third-order valence-corrected chi connectivity index (χ3v) is 20.2. The predicted octanol–water partition coefficient (Wildman–Crippen LogP) is 7.27. The number of hydrogen-bond donors (Lipinski definition) is 1. The minimum atomic E-state index is -0.264. The number of carbonyl (C=O) groups excluding carboxylic acids is 1. The van der Waals surface area contributed by atoms with Crippen LogP contribution in [0.5, 0.6) is 0 Å². The minimum absolute atomic E-state index is 0. The fourth-order valence-corrected chi connectivity index (χ4v) is 16.1. The number of H-pyrrole nitrogens is 1. The molecule has 0 aliphatic carbocycles. The number of aromatic amines is 1. The van der Waals surface area contributed by atoms with Gasteiger partial charge in [-0.25, -0.2) is 0 Å². The van der Waals surface area contributed by atoms with Crippen LogP contribution in [-0.2, 0) is 16.2 Å². The molecule has 0 saturated heterocycles. The van der Waals surface area contributed by atoms with Crippen LogP contribution in [0.3, 0.4) is 0 Å². The van der Waals surface area contributed by atoms with Crippen molar-refractivity contribution in [1.29, 1.82) is 0 Å². The SMILES string of the molecule is CBr.CCC(CC)n1c(=O)c2ccc3c4ccc5c(=O)n(C(CC)CC)c(=O)c6cc7[nH]c8cc(c1=O)c2c3c8c7c4c56.CCC(CC)n1c(=O)c2ccc3c4ccc5c(=O)n(C(CC)CC)c(=O)c6cc7c(c4c56)c4c3c2c(cc4n7CC)c1=O.O=CO[O-].[H-].[K+].[K+]. The van der Waals surface area contributed by atoms with Gasteiger partial charge in [0.05, 0.1) is 32.6 Å². The Hall–Kier alpha value is -5.86. The Labute approximate surface area is 619 Å². The molecule has 17 nitrogen and oxygen atoms in total. The average Bonchev–Trinajstić information content (AvgIpc) is 1.68. The van der Waals surface area contributed by atoms with Crippen LogP contribution in [0.25, 0.3) is 151 Å². The first-order chi connectivity index (χ1) is 43.6. The molecule has 0 amide bonds. The Balaban J connectivity index is 0.000000182. The molecule has 1 N–H and O–H groups in total. The maximum atomic E-state index is 14.1. The van der Waals surface area contributed by atoms with Gasteiger partial charge >= 0.3 is 103 Å². The second-order valence-corrected chi connectivity index (χ2v) is 23.8. The van der Waals surface area contributed by atoms with Gasteiger partial charge in [-0.05, 0) is 134 Å². The first-order valence-electron chi connectivity index (χ1n) is 31.3. The van der Waals surface area contributed by atoms with E-state index in [1.54, 1.807) is 0 Å². The zero-order valence-electron chi connectivity index (χ0n) is 54.8. The molecule has 10 aromatic carbocycles. The van der Waals surface area contributed by atoms with Crippen LogP contribution in [0, 0.1) is 0 Å². The largest absolute Gasteiger partial charge is 1.00 e. The van der Waals surface area contributed by atoms with Gasteiger partial charge in [-0.3, -0.25) is 61.4 Å². The molecule has 0 saturated carbocycles. The second kappa shape index (κ2) is 25.7. The fraction of sp³-hybridized carbons (Fsp3) is 0.319. The van der Waals surface area contributed by atoms with Gasteiger partial charge in [0.2, 0.25) is 0 Å². The van der Waals surface area contributed by atoms with E-state index < -0.39 is 0 Å². The molecule has 0 spiro atoms. The van der Waals surface area contributed by atoms with Gasteiger partial charge < -0.3 is 21.1 Å². The number of hydrogen-bond acceptors (Lipinski definition) is 11. The number of aromatic nitrogens is 6. The number of rotatable bonds is 14. The summed E-state index contributed by atoms with van der Waals surface area (Å²) in [7, 11) is 0. The van der Waals surface area contributed by atoms with Gasteiger partial charge in [0.15, 0.2) is 0 Å². The molecule has 16 aromatic rings. The molecule has 0 radical (unpaired) electrons. The zero-order valence-corrected chi connectivity index (χ0v) is 61.6. The van der Waals surface area contributed by atoms with Crippen molar-refractivity contribution in [3.63, 3.8) is 0 Å². The first kappa shape index (κ1) is 67.6. The van der Waals surface area contributed by atoms with Crippen molar-refractivity contribution >= 4 is 174 Å². The number of pyridine rings is 4. The number of fused-ring (bicyclic) bond motifs is 2. The summed E-state index contributed by atoms with van der Waals surface area (Å²) < 4.78 is 7.98. The molecular formula is C72H67BrK2N6O11. The summed E-state index contributed by atoms with van der Waals surface area (Å²) in [5, 5.41) is 26.7. The number of nitrogens with one attached hydrogen (secondary N) is 1. The van der Waals surface area contributed by atoms with Gasteiger partial charge in [-0.1, -0.05) is 95.6 Å². The second-order valence-electron chi connectivity index (χ2n) is 23.8. The molecule has 6 heterocycles. The molecule has 460 valence electrons. The quantitative estimate of drug-likeness (QED) is 0.0217. The van der Waals surface area contributed by atoms with E-state index in [9.17, 15) is 38.4 Å². The van der Waals surface area contributed by atoms with Crippen molar-refractivity contribution in [3.05, 3.63) is 156 Å². The molecule has 0 aliphatic rings. The predicted molar refractivity (Wildman–Crippen MR) is 369 cm³/mol. The van der Waals surface area contributed by atoms with Gasteiger partial charge in [0.25, 0.3) is 50.9 Å². The monoisotopic (exact) mass is 1350 g/mol. The standard InChI is InChI=1S/C36H33N3O4.C34H29N3O4.CH3Br.CH2O3.2K.H/c1-6-17(7-2)38-33(40)21-13-11-19-20-12-14-22-28-24(36(43)39(34(22)41)18(8-3)9-4)16-26-32(30(20)28)31-25(37(26)10-5)15-23(35(38)42)27(21)29(19)31;1-5-15(6-2)36-31(38)19-11-9-17-18-10-12-20-26-22(34(41)37(32(20)39)16(7-3)8-4)14-24-30(28(18)26)29-23(35-24)13-21(33(36)40)25(19)27(17)29;1-2;2-1-4-3;;;/h11-18H,6-10H2,1-5H3;9-16,35H,5-8H2,1-4H3;1H3;1,3H;;;/q;;;;2*+1;-1/p-1. The number of halogens is 1. The van der Waals surface area contributed by atoms with Crippen LogP contribution < -0.4 is 153 Å². The van der Waals surface area contributed by atoms with Gasteiger partial charge in [0, 0.05) is 128 Å². The first-order valence-corrected chi connectivity index (χ1v) is 32.9. The Morgan fingerprint density at radius 3 is 0.815 bits per heavy atom. The number of carbonyl (C=O) groups is 1. The van der Waals surface area contributed by atoms with Crippen LogP contribution in [0.15, 0.2) is 111 Å². The molecule has 0 atom stereocenters. The summed E-state index contributed by atoms with van der Waals surface area (Å²) in [5.41, 5.74) is 1.41. The van der Waals surface area contributed by atoms with Crippen molar-refractivity contribution in [1.82, 2.24) is 27.8 Å². The Morgan fingerprint density at radius 1 is 0.370 bits per heavy atom. The zero-order chi connectivity index (χ0) is 64.0. The summed E-state index contributed by atoms with van der Waals surface area (Å²) >= 11 is 2.94. The van der Waals surface area contributed by atoms with Crippen molar-refractivity contribution in [2.75, 3.05) is 5.83 Å². The number of aryl methyl sites for hydroxylation is 1. The summed E-state index contributed by atoms with van der Waals surface area (Å²) in [6, 6.07) is 22.3. The van der Waals surface area contributed by atoms with E-state index in [1.807, 2.05) is 134 Å². The molecule has 92 heavy (non-hydrogen) atoms. The maximum absolute atomic E-state index is 14.1. The van der Waals surface area contributed by atoms with E-state index in [0.29, 0.717) is 123 Å². The summed E-state index contributed by atoms with van der Waals surface area (Å²) in [6.45, 7) is 18.6. The molecule has 0 fully saturated rings. The number of benzene rings is 10. The van der Waals surface area contributed by atoms with Crippen molar-refractivity contribution in [2.45, 2.75) is 144 Å².